The van der Waals surface area contributed by atoms with Crippen LogP contribution in [0.4, 0.5) is 8.78 Å². The molecule has 1 heterocycles. The van der Waals surface area contributed by atoms with Crippen LogP contribution in [-0.2, 0) is 13.5 Å². The highest BCUT2D eigenvalue weighted by atomic mass is 19.1. The van der Waals surface area contributed by atoms with Crippen LogP contribution in [0.25, 0.3) is 0 Å². The summed E-state index contributed by atoms with van der Waals surface area (Å²) in [6.45, 7) is 2.00. The molecule has 0 saturated heterocycles. The van der Waals surface area contributed by atoms with Crippen LogP contribution in [0.15, 0.2) is 24.3 Å². The van der Waals surface area contributed by atoms with Crippen LogP contribution < -0.4 is 5.32 Å². The van der Waals surface area contributed by atoms with Gasteiger partial charge in [-0.15, -0.1) is 0 Å². The molecule has 0 fully saturated rings. The van der Waals surface area contributed by atoms with E-state index in [1.165, 1.54) is 6.07 Å². The first-order valence-electron chi connectivity index (χ1n) is 6.21. The van der Waals surface area contributed by atoms with E-state index in [9.17, 15) is 8.78 Å². The topological polar surface area (TPSA) is 29.9 Å². The molecule has 1 atom stereocenters. The molecular weight excluding hydrogens is 248 g/mol. The normalized spacial score (nSPS) is 12.7. The molecule has 0 aliphatic carbocycles. The zero-order chi connectivity index (χ0) is 14.0. The van der Waals surface area contributed by atoms with Gasteiger partial charge in [-0.05, 0) is 37.7 Å². The first-order chi connectivity index (χ1) is 9.06. The Morgan fingerprint density at radius 1 is 1.32 bits per heavy atom. The van der Waals surface area contributed by atoms with Gasteiger partial charge in [0.05, 0.1) is 17.4 Å². The molecule has 102 valence electrons. The van der Waals surface area contributed by atoms with Crippen molar-refractivity contribution in [3.8, 4) is 0 Å². The molecule has 1 N–H and O–H groups in total. The molecule has 2 rings (SSSR count). The number of nitrogens with one attached hydrogen (secondary N) is 1. The second-order valence-electron chi connectivity index (χ2n) is 4.43. The molecular formula is C14H17F2N3. The number of aryl methyl sites for hydroxylation is 2. The third-order valence-corrected chi connectivity index (χ3v) is 3.18. The minimum atomic E-state index is -0.450. The number of hydrogen-bond donors (Lipinski definition) is 1. The Labute approximate surface area is 111 Å². The number of nitrogens with zero attached hydrogens (tertiary/aromatic N) is 2. The van der Waals surface area contributed by atoms with Gasteiger partial charge in [-0.3, -0.25) is 4.68 Å². The fourth-order valence-electron chi connectivity index (χ4n) is 2.18. The summed E-state index contributed by atoms with van der Waals surface area (Å²) < 4.78 is 28.9. The molecule has 0 aliphatic heterocycles. The van der Waals surface area contributed by atoms with E-state index in [-0.39, 0.29) is 5.56 Å². The lowest BCUT2D eigenvalue weighted by Gasteiger charge is -2.17. The minimum absolute atomic E-state index is 0.285. The van der Waals surface area contributed by atoms with Gasteiger partial charge in [0.2, 0.25) is 0 Å². The Morgan fingerprint density at radius 3 is 2.63 bits per heavy atom. The largest absolute Gasteiger partial charge is 0.308 e. The van der Waals surface area contributed by atoms with Crippen LogP contribution in [0.2, 0.25) is 0 Å². The van der Waals surface area contributed by atoms with E-state index < -0.39 is 17.7 Å². The summed E-state index contributed by atoms with van der Waals surface area (Å²) in [6, 6.07) is 4.97. The molecule has 2 aromatic rings. The molecule has 0 spiro atoms. The molecule has 0 aliphatic rings. The maximum atomic E-state index is 13.9. The predicted octanol–water partition coefficient (Wildman–Crippen LogP) is 2.57. The highest BCUT2D eigenvalue weighted by Gasteiger charge is 2.20. The molecule has 0 radical (unpaired) electrons. The van der Waals surface area contributed by atoms with E-state index in [1.54, 1.807) is 18.8 Å². The smallest absolute Gasteiger partial charge is 0.128 e. The third-order valence-electron chi connectivity index (χ3n) is 3.18. The highest BCUT2D eigenvalue weighted by molar-refractivity contribution is 5.30. The lowest BCUT2D eigenvalue weighted by Crippen LogP contribution is -2.21. The summed E-state index contributed by atoms with van der Waals surface area (Å²) in [4.78, 5) is 0. The monoisotopic (exact) mass is 265 g/mol. The molecule has 3 nitrogen and oxygen atoms in total. The summed E-state index contributed by atoms with van der Waals surface area (Å²) in [5.74, 6) is -0.880. The van der Waals surface area contributed by atoms with Crippen molar-refractivity contribution < 1.29 is 8.78 Å². The number of aromatic nitrogens is 2. The Bertz CT molecular complexity index is 578. The summed E-state index contributed by atoms with van der Waals surface area (Å²) >= 11 is 0. The quantitative estimate of drug-likeness (QED) is 0.920. The Morgan fingerprint density at radius 2 is 2.05 bits per heavy atom. The van der Waals surface area contributed by atoms with Crippen molar-refractivity contribution in [2.45, 2.75) is 19.4 Å². The van der Waals surface area contributed by atoms with Crippen LogP contribution >= 0.6 is 0 Å². The lowest BCUT2D eigenvalue weighted by atomic mass is 10.0. The molecule has 1 aromatic carbocycles. The molecule has 0 saturated carbocycles. The zero-order valence-corrected chi connectivity index (χ0v) is 11.2. The molecule has 1 aromatic heterocycles. The lowest BCUT2D eigenvalue weighted by molar-refractivity contribution is 0.539. The van der Waals surface area contributed by atoms with Gasteiger partial charge in [-0.2, -0.15) is 5.10 Å². The number of benzene rings is 1. The fourth-order valence-corrected chi connectivity index (χ4v) is 2.18. The molecule has 0 amide bonds. The van der Waals surface area contributed by atoms with Gasteiger partial charge in [0.25, 0.3) is 0 Å². The summed E-state index contributed by atoms with van der Waals surface area (Å²) in [6.07, 6.45) is 0.801. The van der Waals surface area contributed by atoms with E-state index in [0.717, 1.165) is 29.9 Å². The van der Waals surface area contributed by atoms with E-state index >= 15 is 0 Å². The Balaban J connectivity index is 2.49. The number of rotatable bonds is 4. The first-order valence-corrected chi connectivity index (χ1v) is 6.21. The van der Waals surface area contributed by atoms with Crippen LogP contribution in [-0.4, -0.2) is 16.8 Å². The predicted molar refractivity (Wildman–Crippen MR) is 69.8 cm³/mol. The van der Waals surface area contributed by atoms with E-state index in [2.05, 4.69) is 10.4 Å². The Hall–Kier alpha value is -1.75. The second kappa shape index (κ2) is 5.48. The SMILES string of the molecule is CCc1cc(C(NC)c2cc(F)ccc2F)n(C)n1. The maximum absolute atomic E-state index is 13.9. The number of hydrogen-bond acceptors (Lipinski definition) is 2. The van der Waals surface area contributed by atoms with Crippen molar-refractivity contribution in [2.24, 2.45) is 7.05 Å². The van der Waals surface area contributed by atoms with Crippen LogP contribution in [0.1, 0.15) is 29.9 Å². The van der Waals surface area contributed by atoms with Crippen molar-refractivity contribution in [3.63, 3.8) is 0 Å². The third kappa shape index (κ3) is 2.66. The minimum Gasteiger partial charge on any atom is -0.308 e. The maximum Gasteiger partial charge on any atom is 0.128 e. The first kappa shape index (κ1) is 13.7. The zero-order valence-electron chi connectivity index (χ0n) is 11.2. The van der Waals surface area contributed by atoms with Crippen molar-refractivity contribution in [3.05, 3.63) is 52.9 Å². The second-order valence-corrected chi connectivity index (χ2v) is 4.43. The van der Waals surface area contributed by atoms with Gasteiger partial charge < -0.3 is 5.32 Å². The molecule has 19 heavy (non-hydrogen) atoms. The average molecular weight is 265 g/mol. The van der Waals surface area contributed by atoms with Gasteiger partial charge in [0.1, 0.15) is 11.6 Å². The van der Waals surface area contributed by atoms with Gasteiger partial charge in [-0.25, -0.2) is 8.78 Å². The van der Waals surface area contributed by atoms with Gasteiger partial charge >= 0.3 is 0 Å². The number of halogens is 2. The van der Waals surface area contributed by atoms with E-state index in [4.69, 9.17) is 0 Å². The van der Waals surface area contributed by atoms with Crippen LogP contribution in [0.3, 0.4) is 0 Å². The van der Waals surface area contributed by atoms with Crippen molar-refractivity contribution in [1.29, 1.82) is 0 Å². The molecule has 1 unspecified atom stereocenters. The summed E-state index contributed by atoms with van der Waals surface area (Å²) in [7, 11) is 3.52. The fraction of sp³-hybridized carbons (Fsp3) is 0.357. The summed E-state index contributed by atoms with van der Waals surface area (Å²) in [5, 5.41) is 7.35. The Kier molecular flexibility index (Phi) is 3.95. The van der Waals surface area contributed by atoms with Crippen molar-refractivity contribution >= 4 is 0 Å². The van der Waals surface area contributed by atoms with Crippen LogP contribution in [0, 0.1) is 11.6 Å². The van der Waals surface area contributed by atoms with E-state index in [0.29, 0.717) is 0 Å². The van der Waals surface area contributed by atoms with Crippen molar-refractivity contribution in [2.75, 3.05) is 7.05 Å². The molecule has 5 heteroatoms. The summed E-state index contributed by atoms with van der Waals surface area (Å²) in [5.41, 5.74) is 2.02. The van der Waals surface area contributed by atoms with Gasteiger partial charge in [0.15, 0.2) is 0 Å². The highest BCUT2D eigenvalue weighted by Crippen LogP contribution is 2.25. The molecule has 0 bridgehead atoms. The van der Waals surface area contributed by atoms with E-state index in [1.807, 2.05) is 13.0 Å². The van der Waals surface area contributed by atoms with Crippen molar-refractivity contribution in [1.82, 2.24) is 15.1 Å². The standard InChI is InChI=1S/C14H17F2N3/c1-4-10-8-13(19(3)18-10)14(17-2)11-7-9(15)5-6-12(11)16/h5-8,14,17H,4H2,1-3H3. The van der Waals surface area contributed by atoms with Crippen LogP contribution in [0.5, 0.6) is 0 Å². The van der Waals surface area contributed by atoms with Gasteiger partial charge in [-0.1, -0.05) is 6.92 Å². The van der Waals surface area contributed by atoms with Gasteiger partial charge in [0, 0.05) is 12.6 Å². The average Bonchev–Trinajstić information content (AvgIpc) is 2.76.